The van der Waals surface area contributed by atoms with Crippen LogP contribution in [0.15, 0.2) is 6.20 Å². The number of nitrogens with one attached hydrogen (secondary N) is 2. The average molecular weight is 355 g/mol. The smallest absolute Gasteiger partial charge is 0.255 e. The Bertz CT molecular complexity index is 808. The highest BCUT2D eigenvalue weighted by Crippen LogP contribution is 2.22. The number of H-pyrrole nitrogens is 1. The molecule has 0 atom stereocenters. The Labute approximate surface area is 153 Å². The largest absolute Gasteiger partial charge is 0.346 e. The predicted molar refractivity (Wildman–Crippen MR) is 98.3 cm³/mol. The van der Waals surface area contributed by atoms with E-state index in [2.05, 4.69) is 42.3 Å². The third kappa shape index (κ3) is 3.29. The van der Waals surface area contributed by atoms with Crippen molar-refractivity contribution >= 4 is 11.9 Å². The van der Waals surface area contributed by atoms with Crippen LogP contribution in [-0.2, 0) is 19.4 Å². The third-order valence-corrected chi connectivity index (χ3v) is 5.31. The van der Waals surface area contributed by atoms with Crippen LogP contribution in [0.4, 0.5) is 5.95 Å². The van der Waals surface area contributed by atoms with Gasteiger partial charge in [0, 0.05) is 38.1 Å². The first-order chi connectivity index (χ1) is 12.6. The number of hydrogen-bond acceptors (Lipinski definition) is 6. The summed E-state index contributed by atoms with van der Waals surface area (Å²) in [6.45, 7) is 6.11. The van der Waals surface area contributed by atoms with Gasteiger partial charge in [-0.3, -0.25) is 9.89 Å². The van der Waals surface area contributed by atoms with E-state index >= 15 is 0 Å². The summed E-state index contributed by atoms with van der Waals surface area (Å²) < 4.78 is 0. The van der Waals surface area contributed by atoms with Crippen molar-refractivity contribution in [1.82, 2.24) is 30.4 Å². The Hall–Kier alpha value is -2.48. The van der Waals surface area contributed by atoms with Crippen LogP contribution < -0.4 is 10.2 Å². The molecule has 3 heterocycles. The van der Waals surface area contributed by atoms with E-state index in [1.807, 2.05) is 6.92 Å². The third-order valence-electron chi connectivity index (χ3n) is 5.31. The van der Waals surface area contributed by atoms with Gasteiger partial charge >= 0.3 is 0 Å². The lowest BCUT2D eigenvalue weighted by Crippen LogP contribution is -2.45. The number of nitrogens with zero attached hydrogens (tertiary/aromatic N) is 5. The molecular weight excluding hydrogens is 330 g/mol. The van der Waals surface area contributed by atoms with Crippen molar-refractivity contribution in [2.24, 2.45) is 0 Å². The number of aryl methyl sites for hydroxylation is 2. The van der Waals surface area contributed by atoms with Crippen LogP contribution in [0.2, 0.25) is 0 Å². The molecule has 1 fully saturated rings. The van der Waals surface area contributed by atoms with Gasteiger partial charge in [0.25, 0.3) is 5.91 Å². The van der Waals surface area contributed by atoms with Crippen LogP contribution in [0.25, 0.3) is 0 Å². The number of anilines is 1. The maximum absolute atomic E-state index is 12.5. The Morgan fingerprint density at radius 3 is 2.85 bits per heavy atom. The van der Waals surface area contributed by atoms with E-state index in [9.17, 15) is 4.79 Å². The minimum absolute atomic E-state index is 0.151. The molecule has 0 spiro atoms. The van der Waals surface area contributed by atoms with Gasteiger partial charge in [0.15, 0.2) is 0 Å². The van der Waals surface area contributed by atoms with Crippen molar-refractivity contribution in [2.75, 3.05) is 38.1 Å². The first kappa shape index (κ1) is 17.0. The molecule has 2 aliphatic rings. The highest BCUT2D eigenvalue weighted by Gasteiger charge is 2.21. The zero-order chi connectivity index (χ0) is 18.1. The topological polar surface area (TPSA) is 90.0 Å². The number of rotatable bonds is 4. The van der Waals surface area contributed by atoms with Gasteiger partial charge in [-0.05, 0) is 38.8 Å². The first-order valence-corrected chi connectivity index (χ1v) is 9.22. The van der Waals surface area contributed by atoms with Crippen molar-refractivity contribution in [3.8, 4) is 0 Å². The molecule has 2 aromatic rings. The van der Waals surface area contributed by atoms with Crippen molar-refractivity contribution in [2.45, 2.75) is 32.7 Å². The highest BCUT2D eigenvalue weighted by molar-refractivity contribution is 5.94. The van der Waals surface area contributed by atoms with E-state index in [4.69, 9.17) is 0 Å². The summed E-state index contributed by atoms with van der Waals surface area (Å²) >= 11 is 0. The van der Waals surface area contributed by atoms with E-state index in [1.54, 1.807) is 6.20 Å². The van der Waals surface area contributed by atoms with E-state index in [0.29, 0.717) is 23.8 Å². The molecule has 4 rings (SSSR count). The Kier molecular flexibility index (Phi) is 4.58. The number of aromatic amines is 1. The fourth-order valence-corrected chi connectivity index (χ4v) is 3.63. The molecule has 26 heavy (non-hydrogen) atoms. The Morgan fingerprint density at radius 2 is 2.08 bits per heavy atom. The fourth-order valence-electron chi connectivity index (χ4n) is 3.63. The normalized spacial score (nSPS) is 17.4. The van der Waals surface area contributed by atoms with Gasteiger partial charge in [0.05, 0.1) is 23.5 Å². The first-order valence-electron chi connectivity index (χ1n) is 9.22. The van der Waals surface area contributed by atoms with Crippen molar-refractivity contribution in [3.63, 3.8) is 0 Å². The number of likely N-dealkylation sites (N-methyl/N-ethyl adjacent to an activating group) is 1. The molecule has 0 radical (unpaired) electrons. The predicted octanol–water partition coefficient (Wildman–Crippen LogP) is 0.679. The zero-order valence-electron chi connectivity index (χ0n) is 15.4. The van der Waals surface area contributed by atoms with Crippen LogP contribution >= 0.6 is 0 Å². The number of piperazine rings is 1. The van der Waals surface area contributed by atoms with E-state index in [0.717, 1.165) is 51.1 Å². The van der Waals surface area contributed by atoms with Gasteiger partial charge in [-0.2, -0.15) is 5.10 Å². The molecular formula is C18H25N7O. The van der Waals surface area contributed by atoms with Crippen molar-refractivity contribution < 1.29 is 4.79 Å². The Morgan fingerprint density at radius 1 is 1.27 bits per heavy atom. The molecule has 1 amide bonds. The summed E-state index contributed by atoms with van der Waals surface area (Å²) in [5, 5.41) is 10.4. The molecule has 0 unspecified atom stereocenters. The number of carbonyl (C=O) groups is 1. The second kappa shape index (κ2) is 7.03. The highest BCUT2D eigenvalue weighted by atomic mass is 16.1. The fraction of sp³-hybridized carbons (Fsp3) is 0.556. The molecule has 0 bridgehead atoms. The van der Waals surface area contributed by atoms with E-state index < -0.39 is 0 Å². The summed E-state index contributed by atoms with van der Waals surface area (Å²) in [5.41, 5.74) is 4.65. The van der Waals surface area contributed by atoms with Crippen LogP contribution in [0, 0.1) is 6.92 Å². The lowest BCUT2D eigenvalue weighted by Gasteiger charge is -2.32. The molecule has 2 N–H and O–H groups in total. The summed E-state index contributed by atoms with van der Waals surface area (Å²) in [6, 6.07) is 0. The monoisotopic (exact) mass is 355 g/mol. The molecule has 0 saturated carbocycles. The van der Waals surface area contributed by atoms with Gasteiger partial charge in [0.1, 0.15) is 0 Å². The Balaban J connectivity index is 1.41. The molecule has 2 aromatic heterocycles. The van der Waals surface area contributed by atoms with Crippen LogP contribution in [0.1, 0.15) is 39.4 Å². The number of hydrogen-bond donors (Lipinski definition) is 2. The summed E-state index contributed by atoms with van der Waals surface area (Å²) in [4.78, 5) is 26.0. The molecule has 1 aliphatic carbocycles. The van der Waals surface area contributed by atoms with Crippen LogP contribution in [0.5, 0.6) is 0 Å². The number of fused-ring (bicyclic) bond motifs is 1. The summed E-state index contributed by atoms with van der Waals surface area (Å²) in [5.74, 6) is 0.555. The van der Waals surface area contributed by atoms with Gasteiger partial charge in [-0.1, -0.05) is 0 Å². The van der Waals surface area contributed by atoms with E-state index in [-0.39, 0.29) is 5.91 Å². The van der Waals surface area contributed by atoms with Gasteiger partial charge in [-0.25, -0.2) is 9.97 Å². The van der Waals surface area contributed by atoms with Gasteiger partial charge < -0.3 is 15.1 Å². The zero-order valence-corrected chi connectivity index (χ0v) is 15.4. The quantitative estimate of drug-likeness (QED) is 0.838. The maximum atomic E-state index is 12.5. The number of amides is 1. The maximum Gasteiger partial charge on any atom is 0.255 e. The summed E-state index contributed by atoms with van der Waals surface area (Å²) in [7, 11) is 2.12. The second-order valence-corrected chi connectivity index (χ2v) is 7.12. The SMILES string of the molecule is Cc1nc(N2CCN(C)CC2)ncc1C(=O)NCc1n[nH]c2c1CCC2. The summed E-state index contributed by atoms with van der Waals surface area (Å²) in [6.07, 6.45) is 4.89. The van der Waals surface area contributed by atoms with Crippen molar-refractivity contribution in [1.29, 1.82) is 0 Å². The lowest BCUT2D eigenvalue weighted by molar-refractivity contribution is 0.0949. The molecule has 138 valence electrons. The number of carbonyl (C=O) groups excluding carboxylic acids is 1. The second-order valence-electron chi connectivity index (χ2n) is 7.12. The minimum Gasteiger partial charge on any atom is -0.346 e. The molecule has 1 aliphatic heterocycles. The molecule has 1 saturated heterocycles. The standard InChI is InChI=1S/C18H25N7O/c1-12-14(10-20-18(21-12)25-8-6-24(2)7-9-25)17(26)19-11-16-13-4-3-5-15(13)22-23-16/h10H,3-9,11H2,1-2H3,(H,19,26)(H,22,23). The van der Waals surface area contributed by atoms with Gasteiger partial charge in [0.2, 0.25) is 5.95 Å². The average Bonchev–Trinajstić information content (AvgIpc) is 3.24. The van der Waals surface area contributed by atoms with Gasteiger partial charge in [-0.15, -0.1) is 0 Å². The van der Waals surface area contributed by atoms with Crippen LogP contribution in [0.3, 0.4) is 0 Å². The van der Waals surface area contributed by atoms with Crippen molar-refractivity contribution in [3.05, 3.63) is 34.4 Å². The van der Waals surface area contributed by atoms with Crippen LogP contribution in [-0.4, -0.2) is 64.2 Å². The minimum atomic E-state index is -0.151. The lowest BCUT2D eigenvalue weighted by atomic mass is 10.2. The molecule has 8 heteroatoms. The molecule has 8 nitrogen and oxygen atoms in total. The number of aromatic nitrogens is 4. The molecule has 0 aromatic carbocycles. The van der Waals surface area contributed by atoms with E-state index in [1.165, 1.54) is 11.3 Å².